The number of carbonyl (C=O) groups is 2. The van der Waals surface area contributed by atoms with Crippen molar-refractivity contribution in [1.29, 1.82) is 0 Å². The second-order valence-corrected chi connectivity index (χ2v) is 6.08. The van der Waals surface area contributed by atoms with Crippen LogP contribution in [0.2, 0.25) is 0 Å². The molecule has 2 aromatic rings. The molecular formula is C18H18F4N4O2. The highest BCUT2D eigenvalue weighted by Gasteiger charge is 2.38. The summed E-state index contributed by atoms with van der Waals surface area (Å²) in [6.45, 7) is 0.911. The number of halogens is 4. The van der Waals surface area contributed by atoms with Crippen molar-refractivity contribution in [3.63, 3.8) is 0 Å². The van der Waals surface area contributed by atoms with Crippen molar-refractivity contribution < 1.29 is 27.2 Å². The molecule has 0 N–H and O–H groups in total. The van der Waals surface area contributed by atoms with Gasteiger partial charge in [0.1, 0.15) is 12.4 Å². The largest absolute Gasteiger partial charge is 0.435 e. The predicted molar refractivity (Wildman–Crippen MR) is 93.8 cm³/mol. The Labute approximate surface area is 158 Å². The Hall–Kier alpha value is -3.04. The number of alkyl halides is 3. The van der Waals surface area contributed by atoms with Gasteiger partial charge >= 0.3 is 6.18 Å². The molecule has 2 amide bonds. The van der Waals surface area contributed by atoms with Crippen LogP contribution in [0.1, 0.15) is 19.0 Å². The maximum atomic E-state index is 13.7. The normalized spacial score (nSPS) is 11.2. The Morgan fingerprint density at radius 3 is 2.32 bits per heavy atom. The maximum Gasteiger partial charge on any atom is 0.435 e. The molecule has 2 heterocycles. The van der Waals surface area contributed by atoms with E-state index in [1.165, 1.54) is 38.2 Å². The third kappa shape index (κ3) is 4.81. The fourth-order valence-electron chi connectivity index (χ4n) is 2.37. The van der Waals surface area contributed by atoms with E-state index in [-0.39, 0.29) is 17.7 Å². The number of aromatic nitrogens is 2. The van der Waals surface area contributed by atoms with Crippen LogP contribution in [0, 0.1) is 5.82 Å². The zero-order valence-electron chi connectivity index (χ0n) is 15.4. The first kappa shape index (κ1) is 21.3. The standard InChI is InChI=1S/C18H18F4N4O2/c1-4-15(27)26(10-16(28)25(2)3)14-6-5-13(24-17(14)18(20,21)22)11-7-12(19)9-23-8-11/h5-9H,4,10H2,1-3H3. The lowest BCUT2D eigenvalue weighted by Crippen LogP contribution is -2.41. The summed E-state index contributed by atoms with van der Waals surface area (Å²) in [5, 5.41) is 0. The minimum atomic E-state index is -4.90. The summed E-state index contributed by atoms with van der Waals surface area (Å²) in [6, 6.07) is 3.27. The molecule has 150 valence electrons. The smallest absolute Gasteiger partial charge is 0.347 e. The minimum Gasteiger partial charge on any atom is -0.347 e. The predicted octanol–water partition coefficient (Wildman–Crippen LogP) is 3.13. The van der Waals surface area contributed by atoms with Gasteiger partial charge in [0.05, 0.1) is 17.6 Å². The molecule has 0 atom stereocenters. The van der Waals surface area contributed by atoms with E-state index in [1.807, 2.05) is 0 Å². The van der Waals surface area contributed by atoms with E-state index in [2.05, 4.69) is 9.97 Å². The van der Waals surface area contributed by atoms with Crippen LogP contribution in [0.3, 0.4) is 0 Å². The van der Waals surface area contributed by atoms with Crippen LogP contribution in [-0.2, 0) is 15.8 Å². The average molecular weight is 398 g/mol. The van der Waals surface area contributed by atoms with E-state index >= 15 is 0 Å². The molecule has 28 heavy (non-hydrogen) atoms. The van der Waals surface area contributed by atoms with Crippen molar-refractivity contribution in [2.24, 2.45) is 0 Å². The van der Waals surface area contributed by atoms with Crippen LogP contribution in [0.15, 0.2) is 30.6 Å². The lowest BCUT2D eigenvalue weighted by molar-refractivity contribution is -0.141. The molecule has 10 heteroatoms. The van der Waals surface area contributed by atoms with Crippen molar-refractivity contribution in [2.45, 2.75) is 19.5 Å². The Morgan fingerprint density at radius 2 is 1.79 bits per heavy atom. The Bertz CT molecular complexity index is 884. The average Bonchev–Trinajstić information content (AvgIpc) is 2.64. The number of nitrogens with zero attached hydrogens (tertiary/aromatic N) is 4. The SMILES string of the molecule is CCC(=O)N(CC(=O)N(C)C)c1ccc(-c2cncc(F)c2)nc1C(F)(F)F. The van der Waals surface area contributed by atoms with Crippen molar-refractivity contribution in [2.75, 3.05) is 25.5 Å². The van der Waals surface area contributed by atoms with E-state index in [0.29, 0.717) is 0 Å². The number of hydrogen-bond acceptors (Lipinski definition) is 4. The molecule has 0 saturated carbocycles. The van der Waals surface area contributed by atoms with Crippen LogP contribution in [0.25, 0.3) is 11.3 Å². The zero-order valence-corrected chi connectivity index (χ0v) is 15.4. The summed E-state index contributed by atoms with van der Waals surface area (Å²) < 4.78 is 54.3. The molecule has 0 aliphatic rings. The van der Waals surface area contributed by atoms with E-state index in [0.717, 1.165) is 23.2 Å². The fraction of sp³-hybridized carbons (Fsp3) is 0.333. The highest BCUT2D eigenvalue weighted by atomic mass is 19.4. The van der Waals surface area contributed by atoms with Crippen molar-refractivity contribution in [3.8, 4) is 11.3 Å². The lowest BCUT2D eigenvalue weighted by atomic mass is 10.1. The van der Waals surface area contributed by atoms with Gasteiger partial charge < -0.3 is 9.80 Å². The van der Waals surface area contributed by atoms with Gasteiger partial charge in [0.25, 0.3) is 0 Å². The number of carbonyl (C=O) groups excluding carboxylic acids is 2. The summed E-state index contributed by atoms with van der Waals surface area (Å²) in [6.07, 6.45) is -2.92. The third-order valence-corrected chi connectivity index (χ3v) is 3.83. The van der Waals surface area contributed by atoms with Crippen LogP contribution in [0.4, 0.5) is 23.2 Å². The first-order chi connectivity index (χ1) is 13.0. The molecule has 0 aliphatic carbocycles. The summed E-state index contributed by atoms with van der Waals surface area (Å²) in [5.41, 5.74) is -1.99. The second-order valence-electron chi connectivity index (χ2n) is 6.08. The summed E-state index contributed by atoms with van der Waals surface area (Å²) >= 11 is 0. The lowest BCUT2D eigenvalue weighted by Gasteiger charge is -2.26. The number of amides is 2. The van der Waals surface area contributed by atoms with Crippen molar-refractivity contribution in [3.05, 3.63) is 42.1 Å². The maximum absolute atomic E-state index is 13.7. The minimum absolute atomic E-state index is 0.0507. The third-order valence-electron chi connectivity index (χ3n) is 3.83. The van der Waals surface area contributed by atoms with Crippen LogP contribution in [0.5, 0.6) is 0 Å². The number of anilines is 1. The topological polar surface area (TPSA) is 66.4 Å². The number of rotatable bonds is 5. The van der Waals surface area contributed by atoms with Gasteiger partial charge in [0.2, 0.25) is 11.8 Å². The number of likely N-dealkylation sites (N-methyl/N-ethyl adjacent to an activating group) is 1. The summed E-state index contributed by atoms with van der Waals surface area (Å²) in [7, 11) is 2.86. The fourth-order valence-corrected chi connectivity index (χ4v) is 2.37. The van der Waals surface area contributed by atoms with Crippen molar-refractivity contribution >= 4 is 17.5 Å². The van der Waals surface area contributed by atoms with Gasteiger partial charge in [0.15, 0.2) is 5.69 Å². The molecule has 0 saturated heterocycles. The molecule has 0 aliphatic heterocycles. The molecular weight excluding hydrogens is 380 g/mol. The Kier molecular flexibility index (Phi) is 6.32. The second kappa shape index (κ2) is 8.32. The van der Waals surface area contributed by atoms with Gasteiger partial charge in [-0.3, -0.25) is 14.6 Å². The van der Waals surface area contributed by atoms with Gasteiger partial charge in [-0.15, -0.1) is 0 Å². The van der Waals surface area contributed by atoms with Crippen LogP contribution in [-0.4, -0.2) is 47.3 Å². The first-order valence-corrected chi connectivity index (χ1v) is 8.24. The molecule has 0 fully saturated rings. The van der Waals surface area contributed by atoms with Crippen molar-refractivity contribution in [1.82, 2.24) is 14.9 Å². The summed E-state index contributed by atoms with van der Waals surface area (Å²) in [5.74, 6) is -1.94. The number of hydrogen-bond donors (Lipinski definition) is 0. The molecule has 0 spiro atoms. The van der Waals surface area contributed by atoms with Gasteiger partial charge in [-0.2, -0.15) is 13.2 Å². The van der Waals surface area contributed by atoms with Gasteiger partial charge in [-0.05, 0) is 18.2 Å². The van der Waals surface area contributed by atoms with Crippen LogP contribution < -0.4 is 4.90 Å². The zero-order chi connectivity index (χ0) is 21.1. The molecule has 2 aromatic heterocycles. The Morgan fingerprint density at radius 1 is 1.11 bits per heavy atom. The van der Waals surface area contributed by atoms with Gasteiger partial charge in [0, 0.05) is 32.3 Å². The van der Waals surface area contributed by atoms with E-state index in [4.69, 9.17) is 0 Å². The highest BCUT2D eigenvalue weighted by molar-refractivity contribution is 5.99. The molecule has 0 unspecified atom stereocenters. The van der Waals surface area contributed by atoms with Crippen LogP contribution >= 0.6 is 0 Å². The van der Waals surface area contributed by atoms with E-state index < -0.39 is 41.7 Å². The van der Waals surface area contributed by atoms with E-state index in [1.54, 1.807) is 0 Å². The highest BCUT2D eigenvalue weighted by Crippen LogP contribution is 2.37. The monoisotopic (exact) mass is 398 g/mol. The van der Waals surface area contributed by atoms with E-state index in [9.17, 15) is 27.2 Å². The molecule has 0 bridgehead atoms. The molecule has 2 rings (SSSR count). The molecule has 0 aromatic carbocycles. The van der Waals surface area contributed by atoms with Gasteiger partial charge in [-0.25, -0.2) is 9.37 Å². The Balaban J connectivity index is 2.60. The number of pyridine rings is 2. The first-order valence-electron chi connectivity index (χ1n) is 8.24. The summed E-state index contributed by atoms with van der Waals surface area (Å²) in [4.78, 5) is 33.4. The molecule has 6 nitrogen and oxygen atoms in total. The van der Waals surface area contributed by atoms with Gasteiger partial charge in [-0.1, -0.05) is 6.92 Å². The molecule has 0 radical (unpaired) electrons. The quantitative estimate of drug-likeness (QED) is 0.726.